The molecule has 4 aromatic rings. The Morgan fingerprint density at radius 2 is 1.69 bits per heavy atom. The fraction of sp³-hybridized carbons (Fsp3) is 0.0800. The van der Waals surface area contributed by atoms with Crippen molar-refractivity contribution in [1.82, 2.24) is 0 Å². The van der Waals surface area contributed by atoms with Crippen LogP contribution in [0.25, 0.3) is 10.8 Å². The summed E-state index contributed by atoms with van der Waals surface area (Å²) in [6.45, 7) is 0. The van der Waals surface area contributed by atoms with Gasteiger partial charge in [0.2, 0.25) is 0 Å². The molecule has 0 aromatic heterocycles. The minimum absolute atomic E-state index is 0.0664. The summed E-state index contributed by atoms with van der Waals surface area (Å²) in [5.74, 6) is 0.0664. The SMILES string of the molecule is O=[N+]([O-])c1ccc(N2N=C(c3ccc4ccccc4c3O)C[C@H]2c2ccc(Cl)cc2)c([N+](=O)[O-])c1. The molecule has 35 heavy (non-hydrogen) atoms. The highest BCUT2D eigenvalue weighted by Crippen LogP contribution is 2.43. The number of fused-ring (bicyclic) bond motifs is 1. The van der Waals surface area contributed by atoms with Gasteiger partial charge in [-0.2, -0.15) is 5.10 Å². The van der Waals surface area contributed by atoms with E-state index in [1.165, 1.54) is 17.1 Å². The van der Waals surface area contributed by atoms with Crippen molar-refractivity contribution in [3.63, 3.8) is 0 Å². The van der Waals surface area contributed by atoms with Gasteiger partial charge in [-0.3, -0.25) is 25.2 Å². The van der Waals surface area contributed by atoms with E-state index in [-0.39, 0.29) is 17.1 Å². The van der Waals surface area contributed by atoms with Gasteiger partial charge in [-0.15, -0.1) is 0 Å². The molecule has 0 unspecified atom stereocenters. The van der Waals surface area contributed by atoms with E-state index in [2.05, 4.69) is 5.10 Å². The van der Waals surface area contributed by atoms with Gasteiger partial charge in [-0.05, 0) is 35.2 Å². The van der Waals surface area contributed by atoms with Crippen LogP contribution in [0.5, 0.6) is 5.75 Å². The van der Waals surface area contributed by atoms with Crippen LogP contribution in [0.1, 0.15) is 23.6 Å². The van der Waals surface area contributed by atoms with Crippen LogP contribution in [-0.2, 0) is 0 Å². The van der Waals surface area contributed by atoms with Crippen LogP contribution in [0.2, 0.25) is 5.02 Å². The predicted octanol–water partition coefficient (Wildman–Crippen LogP) is 6.37. The molecule has 1 aliphatic heterocycles. The first-order valence-electron chi connectivity index (χ1n) is 10.6. The molecule has 0 fully saturated rings. The molecule has 1 heterocycles. The monoisotopic (exact) mass is 488 g/mol. The Hall–Kier alpha value is -4.50. The van der Waals surface area contributed by atoms with Gasteiger partial charge in [-0.25, -0.2) is 0 Å². The molecule has 0 aliphatic carbocycles. The molecule has 5 rings (SSSR count). The van der Waals surface area contributed by atoms with E-state index in [0.717, 1.165) is 17.0 Å². The molecule has 1 atom stereocenters. The summed E-state index contributed by atoms with van der Waals surface area (Å²) in [4.78, 5) is 21.7. The van der Waals surface area contributed by atoms with Crippen molar-refractivity contribution in [1.29, 1.82) is 0 Å². The molecular formula is C25H17ClN4O5. The molecule has 4 aromatic carbocycles. The van der Waals surface area contributed by atoms with Gasteiger partial charge in [-0.1, -0.05) is 54.1 Å². The number of hydrazone groups is 1. The molecule has 0 bridgehead atoms. The number of hydrogen-bond donors (Lipinski definition) is 1. The van der Waals surface area contributed by atoms with Crippen molar-refractivity contribution in [3.05, 3.63) is 115 Å². The van der Waals surface area contributed by atoms with Crippen molar-refractivity contribution in [2.24, 2.45) is 5.10 Å². The maximum Gasteiger partial charge on any atom is 0.301 e. The molecule has 10 heteroatoms. The van der Waals surface area contributed by atoms with Crippen molar-refractivity contribution in [2.75, 3.05) is 5.01 Å². The minimum atomic E-state index is -0.681. The first kappa shape index (κ1) is 22.3. The number of benzene rings is 4. The number of rotatable bonds is 5. The predicted molar refractivity (Wildman–Crippen MR) is 133 cm³/mol. The summed E-state index contributed by atoms with van der Waals surface area (Å²) in [5, 5.41) is 42.3. The number of hydrogen-bond acceptors (Lipinski definition) is 7. The molecule has 0 amide bonds. The number of nitro groups is 2. The standard InChI is InChI=1S/C25H17ClN4O5/c26-17-8-5-16(6-9-17)23-14-21(20-11-7-15-3-1-2-4-19(15)25(20)31)27-28(23)22-12-10-18(29(32)33)13-24(22)30(34)35/h1-13,23,31H,14H2/t23-/m0/s1. The second kappa shape index (κ2) is 8.69. The van der Waals surface area contributed by atoms with E-state index in [4.69, 9.17) is 11.6 Å². The Balaban J connectivity index is 1.67. The second-order valence-corrected chi connectivity index (χ2v) is 8.47. The number of phenolic OH excluding ortho intramolecular Hbond substituents is 1. The van der Waals surface area contributed by atoms with Gasteiger partial charge in [0.05, 0.1) is 27.7 Å². The molecule has 1 N–H and O–H groups in total. The third-order valence-electron chi connectivity index (χ3n) is 5.99. The first-order valence-corrected chi connectivity index (χ1v) is 11.0. The number of nitro benzene ring substituents is 2. The molecule has 174 valence electrons. The highest BCUT2D eigenvalue weighted by Gasteiger charge is 2.35. The molecule has 1 aliphatic rings. The van der Waals surface area contributed by atoms with E-state index < -0.39 is 21.6 Å². The van der Waals surface area contributed by atoms with Gasteiger partial charge in [0.15, 0.2) is 0 Å². The summed E-state index contributed by atoms with van der Waals surface area (Å²) in [6, 6.07) is 21.1. The number of nitrogens with zero attached hydrogens (tertiary/aromatic N) is 4. The maximum absolute atomic E-state index is 11.8. The Kier molecular flexibility index (Phi) is 5.54. The average molecular weight is 489 g/mol. The van der Waals surface area contributed by atoms with Crippen LogP contribution in [-0.4, -0.2) is 20.7 Å². The van der Waals surface area contributed by atoms with E-state index in [9.17, 15) is 25.3 Å². The van der Waals surface area contributed by atoms with Crippen molar-refractivity contribution < 1.29 is 15.0 Å². The topological polar surface area (TPSA) is 122 Å². The molecule has 0 saturated carbocycles. The third kappa shape index (κ3) is 4.02. The normalized spacial score (nSPS) is 15.3. The summed E-state index contributed by atoms with van der Waals surface area (Å²) >= 11 is 6.06. The minimum Gasteiger partial charge on any atom is -0.507 e. The lowest BCUT2D eigenvalue weighted by atomic mass is 9.96. The van der Waals surface area contributed by atoms with E-state index in [1.807, 2.05) is 24.3 Å². The van der Waals surface area contributed by atoms with Crippen LogP contribution in [0.15, 0.2) is 84.0 Å². The fourth-order valence-corrected chi connectivity index (χ4v) is 4.42. The quantitative estimate of drug-likeness (QED) is 0.257. The first-order chi connectivity index (χ1) is 16.8. The van der Waals surface area contributed by atoms with Crippen molar-refractivity contribution in [3.8, 4) is 5.75 Å². The summed E-state index contributed by atoms with van der Waals surface area (Å²) in [7, 11) is 0. The number of anilines is 1. The molecule has 0 saturated heterocycles. The van der Waals surface area contributed by atoms with Crippen LogP contribution in [0, 0.1) is 20.2 Å². The molecular weight excluding hydrogens is 472 g/mol. The zero-order valence-electron chi connectivity index (χ0n) is 18.0. The van der Waals surface area contributed by atoms with Crippen LogP contribution < -0.4 is 5.01 Å². The fourth-order valence-electron chi connectivity index (χ4n) is 4.29. The summed E-state index contributed by atoms with van der Waals surface area (Å²) in [6.07, 6.45) is 0.335. The molecule has 0 radical (unpaired) electrons. The van der Waals surface area contributed by atoms with Crippen molar-refractivity contribution in [2.45, 2.75) is 12.5 Å². The van der Waals surface area contributed by atoms with Gasteiger partial charge in [0.25, 0.3) is 5.69 Å². The number of halogens is 1. The van der Waals surface area contributed by atoms with Crippen LogP contribution >= 0.6 is 11.6 Å². The summed E-state index contributed by atoms with van der Waals surface area (Å²) in [5.41, 5.74) is 1.11. The highest BCUT2D eigenvalue weighted by atomic mass is 35.5. The second-order valence-electron chi connectivity index (χ2n) is 8.03. The Labute approximate surface area is 203 Å². The van der Waals surface area contributed by atoms with E-state index in [0.29, 0.717) is 28.1 Å². The number of non-ortho nitro benzene ring substituents is 1. The zero-order chi connectivity index (χ0) is 24.7. The largest absolute Gasteiger partial charge is 0.507 e. The van der Waals surface area contributed by atoms with Gasteiger partial charge in [0.1, 0.15) is 11.4 Å². The van der Waals surface area contributed by atoms with Gasteiger partial charge in [0, 0.05) is 28.5 Å². The van der Waals surface area contributed by atoms with Crippen LogP contribution in [0.4, 0.5) is 17.1 Å². The Morgan fingerprint density at radius 3 is 2.40 bits per heavy atom. The lowest BCUT2D eigenvalue weighted by Crippen LogP contribution is -2.19. The van der Waals surface area contributed by atoms with E-state index >= 15 is 0 Å². The molecule has 9 nitrogen and oxygen atoms in total. The van der Waals surface area contributed by atoms with Crippen molar-refractivity contribution >= 4 is 45.1 Å². The lowest BCUT2D eigenvalue weighted by Gasteiger charge is -2.23. The average Bonchev–Trinajstić information content (AvgIpc) is 3.29. The third-order valence-corrected chi connectivity index (χ3v) is 6.24. The van der Waals surface area contributed by atoms with Gasteiger partial charge < -0.3 is 5.11 Å². The number of aromatic hydroxyl groups is 1. The maximum atomic E-state index is 11.8. The Bertz CT molecular complexity index is 1520. The van der Waals surface area contributed by atoms with Gasteiger partial charge >= 0.3 is 5.69 Å². The molecule has 0 spiro atoms. The smallest absolute Gasteiger partial charge is 0.301 e. The lowest BCUT2D eigenvalue weighted by molar-refractivity contribution is -0.393. The zero-order valence-corrected chi connectivity index (χ0v) is 18.8. The summed E-state index contributed by atoms with van der Waals surface area (Å²) < 4.78 is 0. The Morgan fingerprint density at radius 1 is 0.943 bits per heavy atom. The highest BCUT2D eigenvalue weighted by molar-refractivity contribution is 6.30. The van der Waals surface area contributed by atoms with Crippen LogP contribution in [0.3, 0.4) is 0 Å². The number of phenols is 1. The van der Waals surface area contributed by atoms with E-state index in [1.54, 1.807) is 36.4 Å².